The largest absolute Gasteiger partial charge is 0.268 e. The maximum Gasteiger partial charge on any atom is 0.262 e. The van der Waals surface area contributed by atoms with Gasteiger partial charge in [0, 0.05) is 17.2 Å². The third-order valence-corrected chi connectivity index (χ3v) is 3.20. The van der Waals surface area contributed by atoms with Crippen molar-refractivity contribution < 1.29 is 9.59 Å². The fraction of sp³-hybridized carbons (Fsp3) is 0. The molecule has 2 N–H and O–H groups in total. The van der Waals surface area contributed by atoms with E-state index in [-0.39, 0.29) is 0 Å². The molecule has 0 spiro atoms. The molecule has 0 unspecified atom stereocenters. The van der Waals surface area contributed by atoms with Crippen LogP contribution in [-0.2, 0) is 9.59 Å². The van der Waals surface area contributed by atoms with Crippen LogP contribution in [0.1, 0.15) is 11.1 Å². The number of carbonyl (C=O) groups excluding carboxylic acids is 2. The molecule has 0 aliphatic carbocycles. The third kappa shape index (κ3) is 5.80. The second kappa shape index (κ2) is 8.56. The van der Waals surface area contributed by atoms with Crippen LogP contribution in [0.2, 0.25) is 5.02 Å². The maximum atomic E-state index is 11.6. The van der Waals surface area contributed by atoms with Gasteiger partial charge in [0.15, 0.2) is 0 Å². The summed E-state index contributed by atoms with van der Waals surface area (Å²) in [5.74, 6) is -0.875. The normalized spacial score (nSPS) is 10.8. The second-order valence-electron chi connectivity index (χ2n) is 4.58. The van der Waals surface area contributed by atoms with E-state index in [0.29, 0.717) is 5.02 Å². The molecule has 2 amide bonds. The van der Waals surface area contributed by atoms with Crippen molar-refractivity contribution in [2.45, 2.75) is 0 Å². The van der Waals surface area contributed by atoms with Crippen molar-refractivity contribution in [2.24, 2.45) is 0 Å². The fourth-order valence-corrected chi connectivity index (χ4v) is 1.92. The number of halogens is 1. The Morgan fingerprint density at radius 1 is 0.783 bits per heavy atom. The van der Waals surface area contributed by atoms with Crippen LogP contribution in [0.25, 0.3) is 12.2 Å². The molecule has 0 aliphatic heterocycles. The zero-order valence-corrected chi connectivity index (χ0v) is 13.0. The SMILES string of the molecule is O=C(C=Cc1ccccc1)NNC(=O)/C=C/c1ccccc1Cl. The molecule has 0 bridgehead atoms. The molecule has 23 heavy (non-hydrogen) atoms. The molecule has 4 nitrogen and oxygen atoms in total. The first-order chi connectivity index (χ1) is 11.1. The lowest BCUT2D eigenvalue weighted by Crippen LogP contribution is -2.39. The first-order valence-electron chi connectivity index (χ1n) is 6.91. The van der Waals surface area contributed by atoms with E-state index in [1.54, 1.807) is 30.4 Å². The van der Waals surface area contributed by atoms with E-state index in [2.05, 4.69) is 10.9 Å². The van der Waals surface area contributed by atoms with Crippen molar-refractivity contribution in [3.63, 3.8) is 0 Å². The molecular formula is C18H15ClN2O2. The van der Waals surface area contributed by atoms with Gasteiger partial charge in [0.25, 0.3) is 11.8 Å². The number of hydrogen-bond acceptors (Lipinski definition) is 2. The highest BCUT2D eigenvalue weighted by Crippen LogP contribution is 2.15. The van der Waals surface area contributed by atoms with Crippen molar-refractivity contribution in [3.05, 3.63) is 82.9 Å². The van der Waals surface area contributed by atoms with E-state index in [9.17, 15) is 9.59 Å². The minimum absolute atomic E-state index is 0.423. The van der Waals surface area contributed by atoms with Gasteiger partial charge in [-0.2, -0.15) is 0 Å². The molecule has 5 heteroatoms. The highest BCUT2D eigenvalue weighted by molar-refractivity contribution is 6.32. The first kappa shape index (κ1) is 16.5. The molecule has 0 radical (unpaired) electrons. The minimum atomic E-state index is -0.452. The molecule has 0 atom stereocenters. The fourth-order valence-electron chi connectivity index (χ4n) is 1.72. The molecular weight excluding hydrogens is 312 g/mol. The number of rotatable bonds is 4. The summed E-state index contributed by atoms with van der Waals surface area (Å²) < 4.78 is 0. The van der Waals surface area contributed by atoms with Crippen molar-refractivity contribution >= 4 is 35.6 Å². The van der Waals surface area contributed by atoms with Crippen LogP contribution in [0.4, 0.5) is 0 Å². The lowest BCUT2D eigenvalue weighted by molar-refractivity contribution is -0.123. The Morgan fingerprint density at radius 3 is 2.00 bits per heavy atom. The average molecular weight is 327 g/mol. The number of amides is 2. The van der Waals surface area contributed by atoms with Gasteiger partial charge in [-0.1, -0.05) is 60.1 Å². The van der Waals surface area contributed by atoms with Crippen LogP contribution in [-0.4, -0.2) is 11.8 Å². The first-order valence-corrected chi connectivity index (χ1v) is 7.28. The maximum absolute atomic E-state index is 11.6. The lowest BCUT2D eigenvalue weighted by Gasteiger charge is -2.02. The predicted octanol–water partition coefficient (Wildman–Crippen LogP) is 3.21. The number of carbonyl (C=O) groups is 2. The Kier molecular flexibility index (Phi) is 6.15. The molecule has 0 saturated carbocycles. The minimum Gasteiger partial charge on any atom is -0.268 e. The van der Waals surface area contributed by atoms with Gasteiger partial charge < -0.3 is 0 Å². The van der Waals surface area contributed by atoms with Crippen LogP contribution >= 0.6 is 11.6 Å². The van der Waals surface area contributed by atoms with Gasteiger partial charge >= 0.3 is 0 Å². The zero-order valence-electron chi connectivity index (χ0n) is 12.2. The Labute approximate surface area is 139 Å². The molecule has 2 rings (SSSR count). The van der Waals surface area contributed by atoms with Crippen LogP contribution in [0, 0.1) is 0 Å². The molecule has 0 aliphatic rings. The van der Waals surface area contributed by atoms with Crippen molar-refractivity contribution in [3.8, 4) is 0 Å². The van der Waals surface area contributed by atoms with Crippen LogP contribution in [0.15, 0.2) is 66.7 Å². The van der Waals surface area contributed by atoms with Gasteiger partial charge in [0.05, 0.1) is 0 Å². The summed E-state index contributed by atoms with van der Waals surface area (Å²) in [5.41, 5.74) is 6.20. The molecule has 0 saturated heterocycles. The summed E-state index contributed by atoms with van der Waals surface area (Å²) in [5, 5.41) is 0.548. The van der Waals surface area contributed by atoms with E-state index >= 15 is 0 Å². The molecule has 0 heterocycles. The zero-order chi connectivity index (χ0) is 16.5. The van der Waals surface area contributed by atoms with Gasteiger partial charge in [-0.25, -0.2) is 0 Å². The van der Waals surface area contributed by atoms with Crippen molar-refractivity contribution in [2.75, 3.05) is 0 Å². The summed E-state index contributed by atoms with van der Waals surface area (Å²) >= 11 is 5.97. The predicted molar refractivity (Wildman–Crippen MR) is 92.2 cm³/mol. The van der Waals surface area contributed by atoms with Gasteiger partial charge in [-0.05, 0) is 29.3 Å². The quantitative estimate of drug-likeness (QED) is 0.669. The Morgan fingerprint density at radius 2 is 1.35 bits per heavy atom. The topological polar surface area (TPSA) is 58.2 Å². The highest BCUT2D eigenvalue weighted by atomic mass is 35.5. The average Bonchev–Trinajstić information content (AvgIpc) is 2.58. The third-order valence-electron chi connectivity index (χ3n) is 2.86. The van der Waals surface area contributed by atoms with E-state index in [1.807, 2.05) is 36.4 Å². The Balaban J connectivity index is 1.81. The lowest BCUT2D eigenvalue weighted by atomic mass is 10.2. The summed E-state index contributed by atoms with van der Waals surface area (Å²) in [4.78, 5) is 23.2. The second-order valence-corrected chi connectivity index (χ2v) is 4.98. The highest BCUT2D eigenvalue weighted by Gasteiger charge is 1.99. The van der Waals surface area contributed by atoms with E-state index in [1.165, 1.54) is 12.2 Å². The summed E-state index contributed by atoms with van der Waals surface area (Å²) in [6, 6.07) is 16.5. The summed E-state index contributed by atoms with van der Waals surface area (Å²) in [7, 11) is 0. The number of hydrogen-bond donors (Lipinski definition) is 2. The van der Waals surface area contributed by atoms with Gasteiger partial charge in [-0.3, -0.25) is 20.4 Å². The van der Waals surface area contributed by atoms with E-state index in [4.69, 9.17) is 11.6 Å². The van der Waals surface area contributed by atoms with E-state index in [0.717, 1.165) is 11.1 Å². The van der Waals surface area contributed by atoms with Crippen LogP contribution in [0.3, 0.4) is 0 Å². The Bertz CT molecular complexity index is 740. The number of benzene rings is 2. The molecule has 0 aromatic heterocycles. The van der Waals surface area contributed by atoms with Crippen molar-refractivity contribution in [1.82, 2.24) is 10.9 Å². The van der Waals surface area contributed by atoms with Gasteiger partial charge in [0.1, 0.15) is 0 Å². The van der Waals surface area contributed by atoms with E-state index < -0.39 is 11.8 Å². The monoisotopic (exact) mass is 326 g/mol. The summed E-state index contributed by atoms with van der Waals surface area (Å²) in [6.07, 6.45) is 5.86. The molecule has 116 valence electrons. The molecule has 2 aromatic carbocycles. The van der Waals surface area contributed by atoms with Crippen molar-refractivity contribution in [1.29, 1.82) is 0 Å². The number of hydrazine groups is 1. The van der Waals surface area contributed by atoms with Crippen LogP contribution in [0.5, 0.6) is 0 Å². The molecule has 0 fully saturated rings. The van der Waals surface area contributed by atoms with Gasteiger partial charge in [0.2, 0.25) is 0 Å². The smallest absolute Gasteiger partial charge is 0.262 e. The Hall–Kier alpha value is -2.85. The molecule has 2 aromatic rings. The van der Waals surface area contributed by atoms with Gasteiger partial charge in [-0.15, -0.1) is 0 Å². The standard InChI is InChI=1S/C18H15ClN2O2/c19-16-9-5-4-8-15(16)11-13-18(23)21-20-17(22)12-10-14-6-2-1-3-7-14/h1-13H,(H,20,22)(H,21,23)/b12-10?,13-11+. The van der Waals surface area contributed by atoms with Crippen LogP contribution < -0.4 is 10.9 Å². The number of nitrogens with one attached hydrogen (secondary N) is 2. The summed E-state index contributed by atoms with van der Waals surface area (Å²) in [6.45, 7) is 0.